The van der Waals surface area contributed by atoms with Gasteiger partial charge in [0.15, 0.2) is 0 Å². The third-order valence-electron chi connectivity index (χ3n) is 11.2. The standard InChI is InChI=1S/C37H47IO8/c1-6-26-16-34(13-10-14-36(19-26,22-34)43-30(39)24(2)3)32(41)45-38(29-11-8-7-9-12-29)46-33(42)35-17-27-15-28(18-35)21-37(20-27,23-35)44-31(40)25(4)5/h7-9,11-12,26-28H,2,4,6,10,13-23H2,1,3,5H3. The number of benzene rings is 1. The average Bonchev–Trinajstić information content (AvgIpc) is 2.99. The first-order valence-corrected chi connectivity index (χ1v) is 19.6. The second kappa shape index (κ2) is 12.4. The zero-order valence-corrected chi connectivity index (χ0v) is 29.5. The SMILES string of the molecule is C=C(C)C(=O)OC12CCCC(C(=O)OI(OC(=O)C34CC5CC(CC(OC(=O)C(=C)C)(C5)C3)C4)c3ccccc3)(CC(CC)C1)C2. The molecule has 7 rings (SSSR count). The summed E-state index contributed by atoms with van der Waals surface area (Å²) in [6.07, 6.45) is 9.09. The Hall–Kier alpha value is -2.69. The van der Waals surface area contributed by atoms with Crippen molar-refractivity contribution in [3.63, 3.8) is 0 Å². The fraction of sp³-hybridized carbons (Fsp3) is 0.622. The predicted molar refractivity (Wildman–Crippen MR) is 180 cm³/mol. The topological polar surface area (TPSA) is 105 Å². The predicted octanol–water partition coefficient (Wildman–Crippen LogP) is 7.98. The van der Waals surface area contributed by atoms with E-state index in [4.69, 9.17) is 15.6 Å². The molecule has 1 aromatic rings. The van der Waals surface area contributed by atoms with E-state index in [9.17, 15) is 19.2 Å². The van der Waals surface area contributed by atoms with Gasteiger partial charge in [-0.15, -0.1) is 0 Å². The molecule has 6 fully saturated rings. The van der Waals surface area contributed by atoms with Gasteiger partial charge in [-0.3, -0.25) is 0 Å². The van der Waals surface area contributed by atoms with Gasteiger partial charge in [0.25, 0.3) is 0 Å². The summed E-state index contributed by atoms with van der Waals surface area (Å²) < 4.78 is 25.7. The number of carbonyl (C=O) groups excluding carboxylic acids is 4. The summed E-state index contributed by atoms with van der Waals surface area (Å²) in [5, 5.41) is 0. The Morgan fingerprint density at radius 2 is 1.33 bits per heavy atom. The van der Waals surface area contributed by atoms with E-state index in [1.54, 1.807) is 13.8 Å². The summed E-state index contributed by atoms with van der Waals surface area (Å²) in [7, 11) is 0. The Bertz CT molecular complexity index is 1420. The number of halogens is 1. The van der Waals surface area contributed by atoms with Crippen molar-refractivity contribution >= 4 is 44.5 Å². The first kappa shape index (κ1) is 33.2. The van der Waals surface area contributed by atoms with E-state index >= 15 is 0 Å². The summed E-state index contributed by atoms with van der Waals surface area (Å²) >= 11 is -3.31. The zero-order chi connectivity index (χ0) is 32.9. The van der Waals surface area contributed by atoms with Crippen LogP contribution in [-0.2, 0) is 34.8 Å². The van der Waals surface area contributed by atoms with Crippen LogP contribution in [0.5, 0.6) is 0 Å². The summed E-state index contributed by atoms with van der Waals surface area (Å²) in [6, 6.07) is 9.36. The normalized spacial score (nSPS) is 35.8. The van der Waals surface area contributed by atoms with Crippen LogP contribution in [0.1, 0.15) is 104 Å². The Kier molecular flexibility index (Phi) is 8.95. The Labute approximate surface area is 280 Å². The Balaban J connectivity index is 1.25. The molecule has 46 heavy (non-hydrogen) atoms. The molecule has 6 bridgehead atoms. The number of fused-ring (bicyclic) bond motifs is 2. The van der Waals surface area contributed by atoms with Gasteiger partial charge in [-0.1, -0.05) is 0 Å². The fourth-order valence-corrected chi connectivity index (χ4v) is 13.0. The molecule has 0 spiro atoms. The molecule has 5 unspecified atom stereocenters. The number of hydrogen-bond acceptors (Lipinski definition) is 8. The first-order chi connectivity index (χ1) is 21.8. The molecule has 0 saturated heterocycles. The molecule has 0 heterocycles. The minimum absolute atomic E-state index is 0.200. The van der Waals surface area contributed by atoms with Crippen molar-refractivity contribution in [3.05, 3.63) is 58.2 Å². The van der Waals surface area contributed by atoms with Crippen molar-refractivity contribution in [1.29, 1.82) is 0 Å². The first-order valence-electron chi connectivity index (χ1n) is 16.8. The second-order valence-corrected chi connectivity index (χ2v) is 18.5. The van der Waals surface area contributed by atoms with Crippen molar-refractivity contribution in [2.24, 2.45) is 28.6 Å². The molecule has 0 radical (unpaired) electrons. The number of rotatable bonds is 10. The molecule has 1 aromatic carbocycles. The van der Waals surface area contributed by atoms with Gasteiger partial charge in [-0.25, -0.2) is 0 Å². The van der Waals surface area contributed by atoms with Gasteiger partial charge >= 0.3 is 282 Å². The van der Waals surface area contributed by atoms with Crippen LogP contribution in [0.2, 0.25) is 0 Å². The van der Waals surface area contributed by atoms with Crippen LogP contribution >= 0.6 is 20.6 Å². The van der Waals surface area contributed by atoms with Crippen LogP contribution < -0.4 is 0 Å². The van der Waals surface area contributed by atoms with Crippen LogP contribution in [0, 0.1) is 32.2 Å². The van der Waals surface area contributed by atoms with E-state index in [0.717, 1.165) is 42.1 Å². The monoisotopic (exact) mass is 746 g/mol. The Morgan fingerprint density at radius 1 is 0.761 bits per heavy atom. The number of esters is 2. The van der Waals surface area contributed by atoms with Gasteiger partial charge in [0.05, 0.1) is 0 Å². The van der Waals surface area contributed by atoms with Crippen molar-refractivity contribution in [1.82, 2.24) is 0 Å². The van der Waals surface area contributed by atoms with E-state index in [1.165, 1.54) is 0 Å². The van der Waals surface area contributed by atoms with Crippen LogP contribution in [0.25, 0.3) is 0 Å². The molecular formula is C37H47IO8. The summed E-state index contributed by atoms with van der Waals surface area (Å²) in [6.45, 7) is 12.9. The third-order valence-corrected chi connectivity index (χ3v) is 14.6. The van der Waals surface area contributed by atoms with E-state index in [1.807, 2.05) is 30.3 Å². The number of ether oxygens (including phenoxy) is 2. The van der Waals surface area contributed by atoms with Crippen LogP contribution in [-0.4, -0.2) is 35.1 Å². The Morgan fingerprint density at radius 3 is 1.91 bits per heavy atom. The van der Waals surface area contributed by atoms with E-state index in [2.05, 4.69) is 20.1 Å². The number of hydrogen-bond donors (Lipinski definition) is 0. The molecule has 6 aliphatic rings. The maximum atomic E-state index is 14.4. The quantitative estimate of drug-likeness (QED) is 0.135. The summed E-state index contributed by atoms with van der Waals surface area (Å²) in [5.74, 6) is -0.761. The molecule has 5 atom stereocenters. The van der Waals surface area contributed by atoms with Gasteiger partial charge in [0, 0.05) is 0 Å². The van der Waals surface area contributed by atoms with Crippen LogP contribution in [0.15, 0.2) is 54.6 Å². The zero-order valence-electron chi connectivity index (χ0n) is 27.4. The molecule has 0 amide bonds. The van der Waals surface area contributed by atoms with Gasteiger partial charge in [-0.05, 0) is 0 Å². The van der Waals surface area contributed by atoms with Crippen LogP contribution in [0.3, 0.4) is 0 Å². The van der Waals surface area contributed by atoms with Crippen molar-refractivity contribution < 1.29 is 34.8 Å². The van der Waals surface area contributed by atoms with Gasteiger partial charge in [-0.2, -0.15) is 0 Å². The third kappa shape index (κ3) is 6.29. The molecule has 6 saturated carbocycles. The fourth-order valence-electron chi connectivity index (χ4n) is 9.73. The van der Waals surface area contributed by atoms with Crippen molar-refractivity contribution in [3.8, 4) is 0 Å². The molecule has 250 valence electrons. The van der Waals surface area contributed by atoms with Crippen molar-refractivity contribution in [2.45, 2.75) is 115 Å². The number of carbonyl (C=O) groups is 4. The molecule has 6 aliphatic carbocycles. The van der Waals surface area contributed by atoms with Crippen LogP contribution in [0.4, 0.5) is 0 Å². The van der Waals surface area contributed by atoms with Crippen molar-refractivity contribution in [2.75, 3.05) is 0 Å². The van der Waals surface area contributed by atoms with E-state index < -0.39 is 54.6 Å². The minimum atomic E-state index is -3.31. The van der Waals surface area contributed by atoms with E-state index in [-0.39, 0.29) is 29.7 Å². The maximum absolute atomic E-state index is 14.4. The molecule has 8 nitrogen and oxygen atoms in total. The van der Waals surface area contributed by atoms with Gasteiger partial charge in [0.1, 0.15) is 0 Å². The average molecular weight is 747 g/mol. The molecular weight excluding hydrogens is 699 g/mol. The van der Waals surface area contributed by atoms with Gasteiger partial charge < -0.3 is 0 Å². The summed E-state index contributed by atoms with van der Waals surface area (Å²) in [4.78, 5) is 54.1. The van der Waals surface area contributed by atoms with E-state index in [0.29, 0.717) is 56.1 Å². The second-order valence-electron chi connectivity index (χ2n) is 15.2. The van der Waals surface area contributed by atoms with Gasteiger partial charge in [0.2, 0.25) is 0 Å². The molecule has 0 N–H and O–H groups in total. The molecule has 0 aromatic heterocycles. The molecule has 9 heteroatoms. The molecule has 0 aliphatic heterocycles. The summed E-state index contributed by atoms with van der Waals surface area (Å²) in [5.41, 5.74) is -2.31.